The van der Waals surface area contributed by atoms with Gasteiger partial charge in [-0.25, -0.2) is 0 Å². The Kier molecular flexibility index (Phi) is 5.30. The van der Waals surface area contributed by atoms with Gasteiger partial charge in [-0.1, -0.05) is 26.2 Å². The molecular weight excluding hydrogens is 232 g/mol. The number of likely N-dealkylation sites (tertiary alicyclic amines) is 1. The van der Waals surface area contributed by atoms with Gasteiger partial charge in [-0.05, 0) is 65.0 Å². The molecule has 19 heavy (non-hydrogen) atoms. The normalized spacial score (nSPS) is 33.8. The van der Waals surface area contributed by atoms with Crippen molar-refractivity contribution in [1.29, 1.82) is 0 Å². The van der Waals surface area contributed by atoms with Gasteiger partial charge in [0, 0.05) is 18.1 Å². The molecule has 1 aliphatic carbocycles. The molecule has 1 N–H and O–H groups in total. The van der Waals surface area contributed by atoms with Crippen LogP contribution in [0.5, 0.6) is 0 Å². The van der Waals surface area contributed by atoms with E-state index < -0.39 is 0 Å². The minimum atomic E-state index is 0.269. The zero-order valence-electron chi connectivity index (χ0n) is 13.5. The monoisotopic (exact) mass is 266 g/mol. The van der Waals surface area contributed by atoms with Gasteiger partial charge in [0.25, 0.3) is 0 Å². The summed E-state index contributed by atoms with van der Waals surface area (Å²) in [5.74, 6) is 1.88. The zero-order chi connectivity index (χ0) is 13.9. The van der Waals surface area contributed by atoms with Gasteiger partial charge in [0.2, 0.25) is 0 Å². The highest BCUT2D eigenvalue weighted by Gasteiger charge is 2.31. The van der Waals surface area contributed by atoms with Gasteiger partial charge in [0.15, 0.2) is 0 Å². The molecule has 0 spiro atoms. The fourth-order valence-corrected chi connectivity index (χ4v) is 3.78. The van der Waals surface area contributed by atoms with Gasteiger partial charge in [-0.3, -0.25) is 0 Å². The Morgan fingerprint density at radius 3 is 2.58 bits per heavy atom. The third-order valence-electron chi connectivity index (χ3n) is 5.09. The smallest absolute Gasteiger partial charge is 0.00980 e. The van der Waals surface area contributed by atoms with Gasteiger partial charge < -0.3 is 10.2 Å². The third-order valence-corrected chi connectivity index (χ3v) is 5.09. The van der Waals surface area contributed by atoms with Crippen molar-refractivity contribution in [3.05, 3.63) is 0 Å². The molecule has 0 amide bonds. The average molecular weight is 266 g/mol. The zero-order valence-corrected chi connectivity index (χ0v) is 13.5. The van der Waals surface area contributed by atoms with Crippen molar-refractivity contribution in [1.82, 2.24) is 10.2 Å². The first kappa shape index (κ1) is 15.3. The lowest BCUT2D eigenvalue weighted by Gasteiger charge is -2.35. The minimum absolute atomic E-state index is 0.269. The molecule has 1 heterocycles. The van der Waals surface area contributed by atoms with Crippen molar-refractivity contribution in [2.45, 2.75) is 77.8 Å². The summed E-state index contributed by atoms with van der Waals surface area (Å²) in [7, 11) is 0. The Balaban J connectivity index is 1.75. The van der Waals surface area contributed by atoms with E-state index in [0.29, 0.717) is 0 Å². The van der Waals surface area contributed by atoms with Crippen LogP contribution in [-0.2, 0) is 0 Å². The van der Waals surface area contributed by atoms with Gasteiger partial charge in [0.05, 0.1) is 0 Å². The second-order valence-electron chi connectivity index (χ2n) is 7.88. The molecule has 1 saturated heterocycles. The first-order valence-electron chi connectivity index (χ1n) is 8.47. The molecule has 3 unspecified atom stereocenters. The summed E-state index contributed by atoms with van der Waals surface area (Å²) in [6, 6.07) is 0.901. The summed E-state index contributed by atoms with van der Waals surface area (Å²) in [5.41, 5.74) is 0.269. The van der Waals surface area contributed by atoms with Crippen LogP contribution in [0.15, 0.2) is 0 Å². The van der Waals surface area contributed by atoms with Crippen molar-refractivity contribution in [3.8, 4) is 0 Å². The van der Waals surface area contributed by atoms with E-state index in [1.807, 2.05) is 0 Å². The SMILES string of the molecule is CCC1CCCC(N2CCC(CNC(C)(C)C)C2)C1. The van der Waals surface area contributed by atoms with Gasteiger partial charge in [0.1, 0.15) is 0 Å². The Morgan fingerprint density at radius 2 is 1.89 bits per heavy atom. The van der Waals surface area contributed by atoms with E-state index in [0.717, 1.165) is 17.9 Å². The fraction of sp³-hybridized carbons (Fsp3) is 1.00. The highest BCUT2D eigenvalue weighted by molar-refractivity contribution is 4.87. The second-order valence-corrected chi connectivity index (χ2v) is 7.88. The molecule has 0 aromatic carbocycles. The predicted octanol–water partition coefficient (Wildman–Crippen LogP) is 3.67. The van der Waals surface area contributed by atoms with E-state index in [-0.39, 0.29) is 5.54 Å². The molecule has 0 bridgehead atoms. The lowest BCUT2D eigenvalue weighted by atomic mass is 9.83. The van der Waals surface area contributed by atoms with Crippen LogP contribution in [0.25, 0.3) is 0 Å². The van der Waals surface area contributed by atoms with Crippen molar-refractivity contribution in [2.75, 3.05) is 19.6 Å². The minimum Gasteiger partial charge on any atom is -0.312 e. The fourth-order valence-electron chi connectivity index (χ4n) is 3.78. The summed E-state index contributed by atoms with van der Waals surface area (Å²) in [6.45, 7) is 13.1. The highest BCUT2D eigenvalue weighted by Crippen LogP contribution is 2.32. The molecule has 3 atom stereocenters. The summed E-state index contributed by atoms with van der Waals surface area (Å²) >= 11 is 0. The van der Waals surface area contributed by atoms with Gasteiger partial charge in [-0.2, -0.15) is 0 Å². The Morgan fingerprint density at radius 1 is 1.11 bits per heavy atom. The maximum atomic E-state index is 3.68. The van der Waals surface area contributed by atoms with Crippen LogP contribution in [0.1, 0.15) is 66.2 Å². The quantitative estimate of drug-likeness (QED) is 0.835. The van der Waals surface area contributed by atoms with Crippen LogP contribution in [0.2, 0.25) is 0 Å². The van der Waals surface area contributed by atoms with Gasteiger partial charge >= 0.3 is 0 Å². The van der Waals surface area contributed by atoms with Crippen LogP contribution in [-0.4, -0.2) is 36.1 Å². The molecule has 112 valence electrons. The van der Waals surface area contributed by atoms with Crippen molar-refractivity contribution in [3.63, 3.8) is 0 Å². The van der Waals surface area contributed by atoms with Gasteiger partial charge in [-0.15, -0.1) is 0 Å². The molecule has 0 radical (unpaired) electrons. The molecule has 2 nitrogen and oxygen atoms in total. The Labute approximate surface area is 120 Å². The van der Waals surface area contributed by atoms with E-state index in [2.05, 4.69) is 37.9 Å². The maximum absolute atomic E-state index is 3.68. The summed E-state index contributed by atoms with van der Waals surface area (Å²) in [4.78, 5) is 2.80. The van der Waals surface area contributed by atoms with E-state index in [9.17, 15) is 0 Å². The summed E-state index contributed by atoms with van der Waals surface area (Å²) in [6.07, 6.45) is 8.65. The van der Waals surface area contributed by atoms with Crippen molar-refractivity contribution in [2.24, 2.45) is 11.8 Å². The molecule has 2 fully saturated rings. The molecule has 1 saturated carbocycles. The Hall–Kier alpha value is -0.0800. The number of nitrogens with one attached hydrogen (secondary N) is 1. The molecule has 1 aliphatic heterocycles. The predicted molar refractivity (Wildman–Crippen MR) is 83.5 cm³/mol. The lowest BCUT2D eigenvalue weighted by Crippen LogP contribution is -2.41. The summed E-state index contributed by atoms with van der Waals surface area (Å²) in [5, 5.41) is 3.68. The van der Waals surface area contributed by atoms with E-state index in [1.165, 1.54) is 58.2 Å². The number of hydrogen-bond donors (Lipinski definition) is 1. The second kappa shape index (κ2) is 6.58. The number of nitrogens with zero attached hydrogens (tertiary/aromatic N) is 1. The van der Waals surface area contributed by atoms with Crippen LogP contribution in [0.4, 0.5) is 0 Å². The third kappa shape index (κ3) is 4.75. The van der Waals surface area contributed by atoms with E-state index in [4.69, 9.17) is 0 Å². The molecule has 2 heteroatoms. The lowest BCUT2D eigenvalue weighted by molar-refractivity contribution is 0.150. The van der Waals surface area contributed by atoms with E-state index >= 15 is 0 Å². The average Bonchev–Trinajstić information content (AvgIpc) is 2.84. The highest BCUT2D eigenvalue weighted by atomic mass is 15.2. The molecular formula is C17H34N2. The van der Waals surface area contributed by atoms with Crippen LogP contribution < -0.4 is 5.32 Å². The largest absolute Gasteiger partial charge is 0.312 e. The standard InChI is InChI=1S/C17H34N2/c1-5-14-7-6-8-16(11-14)19-10-9-15(13-19)12-18-17(2,3)4/h14-16,18H,5-13H2,1-4H3. The first-order chi connectivity index (χ1) is 8.98. The number of rotatable bonds is 4. The van der Waals surface area contributed by atoms with Crippen LogP contribution >= 0.6 is 0 Å². The molecule has 2 rings (SSSR count). The Bertz CT molecular complexity index is 269. The topological polar surface area (TPSA) is 15.3 Å². The summed E-state index contributed by atoms with van der Waals surface area (Å²) < 4.78 is 0. The number of hydrogen-bond acceptors (Lipinski definition) is 2. The van der Waals surface area contributed by atoms with Crippen LogP contribution in [0, 0.1) is 11.8 Å². The van der Waals surface area contributed by atoms with Crippen molar-refractivity contribution >= 4 is 0 Å². The molecule has 0 aromatic rings. The first-order valence-corrected chi connectivity index (χ1v) is 8.47. The molecule has 0 aromatic heterocycles. The maximum Gasteiger partial charge on any atom is 0.00980 e. The van der Waals surface area contributed by atoms with Crippen molar-refractivity contribution < 1.29 is 0 Å². The van der Waals surface area contributed by atoms with Crippen LogP contribution in [0.3, 0.4) is 0 Å². The van der Waals surface area contributed by atoms with E-state index in [1.54, 1.807) is 0 Å². The molecule has 2 aliphatic rings.